The van der Waals surface area contributed by atoms with Gasteiger partial charge < -0.3 is 4.74 Å². The second kappa shape index (κ2) is 6.57. The van der Waals surface area contributed by atoms with Crippen molar-refractivity contribution < 1.29 is 14.1 Å². The minimum absolute atomic E-state index is 0.153. The number of imidazole rings is 1. The first-order valence-corrected chi connectivity index (χ1v) is 7.23. The van der Waals surface area contributed by atoms with Crippen LogP contribution in [0.1, 0.15) is 29.5 Å². The van der Waals surface area contributed by atoms with E-state index in [1.54, 1.807) is 0 Å². The van der Waals surface area contributed by atoms with Gasteiger partial charge in [-0.25, -0.2) is 9.13 Å². The molecule has 1 heterocycles. The summed E-state index contributed by atoms with van der Waals surface area (Å²) in [5, 5.41) is 0. The zero-order valence-electron chi connectivity index (χ0n) is 13.2. The Hall–Kier alpha value is -2.10. The topological polar surface area (TPSA) is 35.1 Å². The van der Waals surface area contributed by atoms with E-state index in [0.29, 0.717) is 6.42 Å². The van der Waals surface area contributed by atoms with E-state index >= 15 is 0 Å². The molecule has 0 spiro atoms. The number of hydrogen-bond acceptors (Lipinski definition) is 2. The molecule has 0 N–H and O–H groups in total. The summed E-state index contributed by atoms with van der Waals surface area (Å²) in [6.45, 7) is 7.20. The van der Waals surface area contributed by atoms with Crippen molar-refractivity contribution in [1.29, 1.82) is 0 Å². The summed E-state index contributed by atoms with van der Waals surface area (Å²) in [5.41, 5.74) is 5.05. The van der Waals surface area contributed by atoms with Gasteiger partial charge in [0.1, 0.15) is 18.1 Å². The predicted octanol–water partition coefficient (Wildman–Crippen LogP) is 2.64. The summed E-state index contributed by atoms with van der Waals surface area (Å²) in [6, 6.07) is 4.40. The minimum atomic E-state index is -0.153. The number of rotatable bonds is 5. The lowest BCUT2D eigenvalue weighted by Gasteiger charge is -2.07. The normalized spacial score (nSPS) is 10.7. The Morgan fingerprint density at radius 2 is 1.90 bits per heavy atom. The fraction of sp³-hybridized carbons (Fsp3) is 0.412. The van der Waals surface area contributed by atoms with Gasteiger partial charge in [0.25, 0.3) is 0 Å². The number of methoxy groups -OCH3 is 1. The fourth-order valence-corrected chi connectivity index (χ4v) is 2.75. The van der Waals surface area contributed by atoms with Crippen molar-refractivity contribution in [2.24, 2.45) is 0 Å². The van der Waals surface area contributed by atoms with Crippen LogP contribution in [0.5, 0.6) is 0 Å². The van der Waals surface area contributed by atoms with Gasteiger partial charge >= 0.3 is 5.97 Å². The highest BCUT2D eigenvalue weighted by molar-refractivity contribution is 5.68. The highest BCUT2D eigenvalue weighted by atomic mass is 16.5. The number of carbonyl (C=O) groups excluding carboxylic acids is 1. The maximum Gasteiger partial charge on any atom is 0.305 e. The Kier molecular flexibility index (Phi) is 4.78. The van der Waals surface area contributed by atoms with E-state index in [2.05, 4.69) is 59.3 Å². The maximum absolute atomic E-state index is 11.1. The highest BCUT2D eigenvalue weighted by Gasteiger charge is 2.13. The van der Waals surface area contributed by atoms with Gasteiger partial charge in [-0.15, -0.1) is 0 Å². The number of nitrogens with zero attached hydrogens (tertiary/aromatic N) is 2. The molecule has 1 aromatic carbocycles. The zero-order chi connectivity index (χ0) is 15.4. The average Bonchev–Trinajstić information content (AvgIpc) is 2.85. The average molecular weight is 287 g/mol. The fourth-order valence-electron chi connectivity index (χ4n) is 2.75. The van der Waals surface area contributed by atoms with E-state index in [-0.39, 0.29) is 5.97 Å². The summed E-state index contributed by atoms with van der Waals surface area (Å²) >= 11 is 0. The molecular formula is C17H23N2O2+. The predicted molar refractivity (Wildman–Crippen MR) is 81.4 cm³/mol. The number of hydrogen-bond donors (Lipinski definition) is 0. The molecule has 112 valence electrons. The molecule has 1 aromatic heterocycles. The van der Waals surface area contributed by atoms with Crippen LogP contribution in [0.2, 0.25) is 0 Å². The van der Waals surface area contributed by atoms with Crippen LogP contribution in [-0.2, 0) is 16.1 Å². The van der Waals surface area contributed by atoms with Gasteiger partial charge in [0.2, 0.25) is 6.33 Å². The second-order valence-corrected chi connectivity index (χ2v) is 5.49. The molecule has 2 aromatic rings. The van der Waals surface area contributed by atoms with Gasteiger partial charge in [0.15, 0.2) is 0 Å². The molecule has 0 bridgehead atoms. The van der Waals surface area contributed by atoms with Crippen molar-refractivity contribution >= 4 is 5.97 Å². The van der Waals surface area contributed by atoms with Gasteiger partial charge in [-0.1, -0.05) is 17.7 Å². The van der Waals surface area contributed by atoms with Gasteiger partial charge in [-0.3, -0.25) is 4.79 Å². The molecule has 21 heavy (non-hydrogen) atoms. The Balaban J connectivity index is 2.11. The molecule has 2 rings (SSSR count). The lowest BCUT2D eigenvalue weighted by atomic mass is 10.1. The van der Waals surface area contributed by atoms with Gasteiger partial charge in [0, 0.05) is 6.42 Å². The van der Waals surface area contributed by atoms with Crippen molar-refractivity contribution in [3.63, 3.8) is 0 Å². The first-order chi connectivity index (χ1) is 10.0. The maximum atomic E-state index is 11.1. The van der Waals surface area contributed by atoms with Crippen LogP contribution in [0.3, 0.4) is 0 Å². The van der Waals surface area contributed by atoms with E-state index in [9.17, 15) is 4.79 Å². The molecule has 0 saturated heterocycles. The van der Waals surface area contributed by atoms with Crippen LogP contribution >= 0.6 is 0 Å². The van der Waals surface area contributed by atoms with Crippen LogP contribution in [-0.4, -0.2) is 17.6 Å². The number of esters is 1. The number of carbonyl (C=O) groups is 1. The number of aromatic nitrogens is 2. The highest BCUT2D eigenvalue weighted by Crippen LogP contribution is 2.20. The molecule has 0 unspecified atom stereocenters. The van der Waals surface area contributed by atoms with Crippen molar-refractivity contribution in [1.82, 2.24) is 4.57 Å². The van der Waals surface area contributed by atoms with Crippen molar-refractivity contribution in [2.45, 2.75) is 40.2 Å². The Morgan fingerprint density at radius 1 is 1.24 bits per heavy atom. The largest absolute Gasteiger partial charge is 0.469 e. The third kappa shape index (κ3) is 3.72. The van der Waals surface area contributed by atoms with Crippen LogP contribution in [0.25, 0.3) is 5.69 Å². The Morgan fingerprint density at radius 3 is 2.52 bits per heavy atom. The summed E-state index contributed by atoms with van der Waals surface area (Å²) in [6.07, 6.45) is 7.41. The smallest absolute Gasteiger partial charge is 0.305 e. The first-order valence-electron chi connectivity index (χ1n) is 7.23. The third-order valence-electron chi connectivity index (χ3n) is 3.61. The number of aryl methyl sites for hydroxylation is 4. The van der Waals surface area contributed by atoms with Crippen molar-refractivity contribution in [2.75, 3.05) is 7.11 Å². The van der Waals surface area contributed by atoms with Gasteiger partial charge in [-0.2, -0.15) is 0 Å². The standard InChI is InChI=1S/C17H23N2O2/c1-13-10-14(2)17(15(3)11-13)19-9-8-18(12-19)7-5-6-16(20)21-4/h8-12H,5-7H2,1-4H3/q+1. The first kappa shape index (κ1) is 15.3. The quantitative estimate of drug-likeness (QED) is 0.626. The van der Waals surface area contributed by atoms with Crippen LogP contribution < -0.4 is 4.57 Å². The molecule has 0 aliphatic rings. The molecule has 4 nitrogen and oxygen atoms in total. The van der Waals surface area contributed by atoms with Gasteiger partial charge in [0.05, 0.1) is 13.7 Å². The molecule has 0 aliphatic heterocycles. The molecule has 0 saturated carbocycles. The summed E-state index contributed by atoms with van der Waals surface area (Å²) in [5.74, 6) is -0.153. The third-order valence-corrected chi connectivity index (χ3v) is 3.61. The lowest BCUT2D eigenvalue weighted by Crippen LogP contribution is -2.31. The van der Waals surface area contributed by atoms with Crippen LogP contribution in [0.15, 0.2) is 30.9 Å². The molecule has 0 atom stereocenters. The zero-order valence-corrected chi connectivity index (χ0v) is 13.2. The van der Waals surface area contributed by atoms with E-state index in [4.69, 9.17) is 0 Å². The van der Waals surface area contributed by atoms with Crippen LogP contribution in [0.4, 0.5) is 0 Å². The molecule has 0 radical (unpaired) electrons. The molecule has 0 aliphatic carbocycles. The Labute approximate surface area is 126 Å². The SMILES string of the molecule is COC(=O)CCC[n+]1ccn(-c2c(C)cc(C)cc2C)c1. The molecule has 0 amide bonds. The van der Waals surface area contributed by atoms with Gasteiger partial charge in [-0.05, 0) is 38.3 Å². The molecule has 4 heteroatoms. The minimum Gasteiger partial charge on any atom is -0.469 e. The number of benzene rings is 1. The van der Waals surface area contributed by atoms with E-state index in [1.807, 2.05) is 6.20 Å². The van der Waals surface area contributed by atoms with Crippen molar-refractivity contribution in [3.8, 4) is 5.69 Å². The molecular weight excluding hydrogens is 264 g/mol. The molecule has 0 fully saturated rings. The van der Waals surface area contributed by atoms with E-state index in [0.717, 1.165) is 13.0 Å². The van der Waals surface area contributed by atoms with Crippen molar-refractivity contribution in [3.05, 3.63) is 47.5 Å². The second-order valence-electron chi connectivity index (χ2n) is 5.49. The van der Waals surface area contributed by atoms with E-state index < -0.39 is 0 Å². The summed E-state index contributed by atoms with van der Waals surface area (Å²) in [4.78, 5) is 11.1. The Bertz CT molecular complexity index is 621. The summed E-state index contributed by atoms with van der Waals surface area (Å²) in [7, 11) is 1.43. The number of ether oxygens (including phenoxy) is 1. The van der Waals surface area contributed by atoms with Crippen LogP contribution in [0, 0.1) is 20.8 Å². The summed E-state index contributed by atoms with van der Waals surface area (Å²) < 4.78 is 8.89. The lowest BCUT2D eigenvalue weighted by molar-refractivity contribution is -0.696. The monoisotopic (exact) mass is 287 g/mol. The van der Waals surface area contributed by atoms with E-state index in [1.165, 1.54) is 29.5 Å².